The first kappa shape index (κ1) is 13.5. The van der Waals surface area contributed by atoms with E-state index in [-0.39, 0.29) is 0 Å². The fourth-order valence-electron chi connectivity index (χ4n) is 2.33. The number of methoxy groups -OCH3 is 1. The zero-order chi connectivity index (χ0) is 15.1. The van der Waals surface area contributed by atoms with Crippen LogP contribution in [0.3, 0.4) is 0 Å². The minimum Gasteiger partial charge on any atom is -0.497 e. The number of hydrogen-bond donors (Lipinski definition) is 1. The van der Waals surface area contributed by atoms with Crippen LogP contribution in [-0.4, -0.2) is 17.1 Å². The molecule has 0 saturated carbocycles. The molecule has 4 nitrogen and oxygen atoms in total. The number of nitrogens with zero attached hydrogens (tertiary/aromatic N) is 2. The Morgan fingerprint density at radius 2 is 1.86 bits per heavy atom. The van der Waals surface area contributed by atoms with E-state index in [1.54, 1.807) is 29.8 Å². The highest BCUT2D eigenvalue weighted by Gasteiger charge is 2.07. The quantitative estimate of drug-likeness (QED) is 0.577. The van der Waals surface area contributed by atoms with Crippen molar-refractivity contribution in [3.8, 4) is 5.75 Å². The predicted molar refractivity (Wildman–Crippen MR) is 93.8 cm³/mol. The van der Waals surface area contributed by atoms with Crippen LogP contribution in [0.25, 0.3) is 20.4 Å². The summed E-state index contributed by atoms with van der Waals surface area (Å²) in [4.78, 5) is 9.13. The van der Waals surface area contributed by atoms with Gasteiger partial charge < -0.3 is 10.1 Å². The van der Waals surface area contributed by atoms with Crippen LogP contribution in [0, 0.1) is 6.92 Å². The number of hydrogen-bond acceptors (Lipinski definition) is 6. The van der Waals surface area contributed by atoms with Crippen LogP contribution >= 0.6 is 22.7 Å². The zero-order valence-electron chi connectivity index (χ0n) is 12.1. The SMILES string of the molecule is COc1ccc2nc(Nc3ccc4sc(C)nc4c3)sc2c1. The summed E-state index contributed by atoms with van der Waals surface area (Å²) in [6.45, 7) is 2.03. The maximum atomic E-state index is 5.25. The van der Waals surface area contributed by atoms with Crippen molar-refractivity contribution >= 4 is 53.9 Å². The van der Waals surface area contributed by atoms with Crippen molar-refractivity contribution in [1.29, 1.82) is 0 Å². The third-order valence-corrected chi connectivity index (χ3v) is 5.23. The van der Waals surface area contributed by atoms with E-state index in [0.717, 1.165) is 37.3 Å². The van der Waals surface area contributed by atoms with Gasteiger partial charge in [0.2, 0.25) is 0 Å². The number of nitrogens with one attached hydrogen (secondary N) is 1. The van der Waals surface area contributed by atoms with Crippen molar-refractivity contribution in [2.45, 2.75) is 6.92 Å². The lowest BCUT2D eigenvalue weighted by atomic mass is 10.3. The normalized spacial score (nSPS) is 11.2. The lowest BCUT2D eigenvalue weighted by Crippen LogP contribution is -1.88. The van der Waals surface area contributed by atoms with E-state index in [4.69, 9.17) is 4.74 Å². The van der Waals surface area contributed by atoms with Gasteiger partial charge in [-0.2, -0.15) is 0 Å². The second-order valence-corrected chi connectivity index (χ2v) is 7.16. The topological polar surface area (TPSA) is 47.0 Å². The lowest BCUT2D eigenvalue weighted by Gasteiger charge is -2.01. The van der Waals surface area contributed by atoms with Crippen LogP contribution in [0.2, 0.25) is 0 Å². The molecule has 0 aliphatic rings. The maximum absolute atomic E-state index is 5.25. The molecule has 6 heteroatoms. The minimum absolute atomic E-state index is 0.849. The molecule has 0 aliphatic carbocycles. The number of thiazole rings is 2. The molecule has 4 rings (SSSR count). The summed E-state index contributed by atoms with van der Waals surface area (Å²) in [7, 11) is 1.67. The lowest BCUT2D eigenvalue weighted by molar-refractivity contribution is 0.415. The molecule has 0 atom stereocenters. The number of benzene rings is 2. The van der Waals surface area contributed by atoms with Gasteiger partial charge in [-0.15, -0.1) is 11.3 Å². The maximum Gasteiger partial charge on any atom is 0.188 e. The van der Waals surface area contributed by atoms with Crippen molar-refractivity contribution in [3.05, 3.63) is 41.4 Å². The van der Waals surface area contributed by atoms with Crippen LogP contribution in [0.1, 0.15) is 5.01 Å². The summed E-state index contributed by atoms with van der Waals surface area (Å²) in [6, 6.07) is 12.1. The van der Waals surface area contributed by atoms with Crippen LogP contribution < -0.4 is 10.1 Å². The fraction of sp³-hybridized carbons (Fsp3) is 0.125. The third-order valence-electron chi connectivity index (χ3n) is 3.34. The van der Waals surface area contributed by atoms with E-state index >= 15 is 0 Å². The Hall–Kier alpha value is -2.18. The van der Waals surface area contributed by atoms with Gasteiger partial charge in [0.1, 0.15) is 5.75 Å². The molecule has 22 heavy (non-hydrogen) atoms. The van der Waals surface area contributed by atoms with Crippen molar-refractivity contribution in [1.82, 2.24) is 9.97 Å². The fourth-order valence-corrected chi connectivity index (χ4v) is 4.05. The Balaban J connectivity index is 1.68. The molecule has 110 valence electrons. The first-order valence-electron chi connectivity index (χ1n) is 6.80. The van der Waals surface area contributed by atoms with E-state index in [9.17, 15) is 0 Å². The molecule has 0 unspecified atom stereocenters. The zero-order valence-corrected chi connectivity index (χ0v) is 13.7. The van der Waals surface area contributed by atoms with E-state index in [1.165, 1.54) is 4.70 Å². The number of rotatable bonds is 3. The average molecular weight is 327 g/mol. The van der Waals surface area contributed by atoms with Crippen molar-refractivity contribution in [2.24, 2.45) is 0 Å². The summed E-state index contributed by atoms with van der Waals surface area (Å²) < 4.78 is 7.56. The van der Waals surface area contributed by atoms with Gasteiger partial charge >= 0.3 is 0 Å². The monoisotopic (exact) mass is 327 g/mol. The number of ether oxygens (including phenoxy) is 1. The van der Waals surface area contributed by atoms with E-state index in [0.29, 0.717) is 0 Å². The van der Waals surface area contributed by atoms with E-state index in [1.807, 2.05) is 25.1 Å². The van der Waals surface area contributed by atoms with Gasteiger partial charge in [-0.05, 0) is 43.3 Å². The predicted octanol–water partition coefficient (Wildman–Crippen LogP) is 4.97. The molecule has 0 saturated heterocycles. The smallest absolute Gasteiger partial charge is 0.188 e. The molecular formula is C16H13N3OS2. The van der Waals surface area contributed by atoms with Gasteiger partial charge in [-0.1, -0.05) is 11.3 Å². The molecule has 0 amide bonds. The van der Waals surface area contributed by atoms with Gasteiger partial charge in [0, 0.05) is 5.69 Å². The minimum atomic E-state index is 0.849. The second-order valence-electron chi connectivity index (χ2n) is 4.89. The molecule has 4 aromatic rings. The van der Waals surface area contributed by atoms with Crippen LogP contribution in [-0.2, 0) is 0 Å². The van der Waals surface area contributed by atoms with Gasteiger partial charge in [-0.3, -0.25) is 0 Å². The Morgan fingerprint density at radius 3 is 2.73 bits per heavy atom. The number of aromatic nitrogens is 2. The number of anilines is 2. The third kappa shape index (κ3) is 2.40. The molecule has 1 N–H and O–H groups in total. The van der Waals surface area contributed by atoms with E-state index in [2.05, 4.69) is 33.5 Å². The Kier molecular flexibility index (Phi) is 3.20. The highest BCUT2D eigenvalue weighted by atomic mass is 32.1. The summed E-state index contributed by atoms with van der Waals surface area (Å²) in [5.41, 5.74) is 3.00. The molecule has 0 fully saturated rings. The summed E-state index contributed by atoms with van der Waals surface area (Å²) >= 11 is 3.32. The molecule has 0 aliphatic heterocycles. The van der Waals surface area contributed by atoms with Crippen LogP contribution in [0.15, 0.2) is 36.4 Å². The van der Waals surface area contributed by atoms with Gasteiger partial charge in [-0.25, -0.2) is 9.97 Å². The second kappa shape index (κ2) is 5.23. The first-order chi connectivity index (χ1) is 10.7. The molecule has 2 aromatic heterocycles. The summed E-state index contributed by atoms with van der Waals surface area (Å²) in [5.74, 6) is 0.849. The molecule has 0 radical (unpaired) electrons. The first-order valence-corrected chi connectivity index (χ1v) is 8.43. The number of fused-ring (bicyclic) bond motifs is 2. The highest BCUT2D eigenvalue weighted by molar-refractivity contribution is 7.22. The highest BCUT2D eigenvalue weighted by Crippen LogP contribution is 2.32. The molecule has 2 heterocycles. The molecular weight excluding hydrogens is 314 g/mol. The standard InChI is InChI=1S/C16H13N3OS2/c1-9-17-13-7-10(3-6-14(13)21-9)18-16-19-12-5-4-11(20-2)8-15(12)22-16/h3-8H,1-2H3,(H,18,19). The van der Waals surface area contributed by atoms with Gasteiger partial charge in [0.05, 0.1) is 32.6 Å². The Bertz CT molecular complexity index is 974. The van der Waals surface area contributed by atoms with Gasteiger partial charge in [0.15, 0.2) is 5.13 Å². The summed E-state index contributed by atoms with van der Waals surface area (Å²) in [6.07, 6.45) is 0. The van der Waals surface area contributed by atoms with Crippen LogP contribution in [0.4, 0.5) is 10.8 Å². The molecule has 2 aromatic carbocycles. The van der Waals surface area contributed by atoms with Crippen molar-refractivity contribution in [2.75, 3.05) is 12.4 Å². The Labute approximate surface area is 135 Å². The van der Waals surface area contributed by atoms with Gasteiger partial charge in [0.25, 0.3) is 0 Å². The van der Waals surface area contributed by atoms with Crippen molar-refractivity contribution in [3.63, 3.8) is 0 Å². The number of aryl methyl sites for hydroxylation is 1. The molecule has 0 bridgehead atoms. The Morgan fingerprint density at radius 1 is 0.955 bits per heavy atom. The average Bonchev–Trinajstić information content (AvgIpc) is 3.07. The van der Waals surface area contributed by atoms with Crippen LogP contribution in [0.5, 0.6) is 5.75 Å². The largest absolute Gasteiger partial charge is 0.497 e. The van der Waals surface area contributed by atoms with E-state index < -0.39 is 0 Å². The summed E-state index contributed by atoms with van der Waals surface area (Å²) in [5, 5.41) is 5.32. The van der Waals surface area contributed by atoms with Crippen molar-refractivity contribution < 1.29 is 4.74 Å². The molecule has 0 spiro atoms.